The van der Waals surface area contributed by atoms with E-state index in [4.69, 9.17) is 9.47 Å². The number of carbonyl (C=O) groups excluding carboxylic acids is 4. The molecule has 3 atom stereocenters. The second-order valence-corrected chi connectivity index (χ2v) is 12.6. The molecular formula is C33H44N4O7. The van der Waals surface area contributed by atoms with Gasteiger partial charge in [-0.1, -0.05) is 59.7 Å². The summed E-state index contributed by atoms with van der Waals surface area (Å²) >= 11 is 0. The first-order valence-corrected chi connectivity index (χ1v) is 14.4. The molecule has 0 bridgehead atoms. The molecule has 238 valence electrons. The van der Waals surface area contributed by atoms with Crippen LogP contribution in [0.15, 0.2) is 48.5 Å². The second kappa shape index (κ2) is 15.3. The van der Waals surface area contributed by atoms with E-state index in [1.54, 1.807) is 53.7 Å². The van der Waals surface area contributed by atoms with Crippen LogP contribution >= 0.6 is 0 Å². The van der Waals surface area contributed by atoms with Crippen LogP contribution in [0, 0.1) is 25.2 Å². The number of nitrogens with zero attached hydrogens (tertiary/aromatic N) is 2. The predicted octanol–water partition coefficient (Wildman–Crippen LogP) is 3.65. The third-order valence-electron chi connectivity index (χ3n) is 6.11. The SMILES string of the molecule is Cc1cc(C)cc(C(C(=O)NC(Cc2ccccc2)C(=O)OC(C)(C)C)N(CC#N)C(=O)C(CO)NC(=O)OC(C)(C)C)c1. The summed E-state index contributed by atoms with van der Waals surface area (Å²) in [5, 5.41) is 24.9. The van der Waals surface area contributed by atoms with Gasteiger partial charge >= 0.3 is 12.1 Å². The number of amides is 3. The third-order valence-corrected chi connectivity index (χ3v) is 6.11. The number of nitriles is 1. The molecule has 0 saturated carbocycles. The number of hydrogen-bond acceptors (Lipinski definition) is 8. The summed E-state index contributed by atoms with van der Waals surface area (Å²) in [6.07, 6.45) is -0.853. The maximum absolute atomic E-state index is 14.2. The molecule has 0 aliphatic rings. The normalized spacial score (nSPS) is 13.5. The van der Waals surface area contributed by atoms with Crippen LogP contribution in [-0.4, -0.2) is 70.3 Å². The molecule has 3 N–H and O–H groups in total. The van der Waals surface area contributed by atoms with Gasteiger partial charge in [0.05, 0.1) is 12.7 Å². The van der Waals surface area contributed by atoms with E-state index in [9.17, 15) is 29.5 Å². The van der Waals surface area contributed by atoms with Gasteiger partial charge in [0.2, 0.25) is 11.8 Å². The van der Waals surface area contributed by atoms with Crippen molar-refractivity contribution >= 4 is 23.9 Å². The van der Waals surface area contributed by atoms with E-state index in [0.29, 0.717) is 5.56 Å². The van der Waals surface area contributed by atoms with Crippen molar-refractivity contribution in [3.8, 4) is 6.07 Å². The predicted molar refractivity (Wildman–Crippen MR) is 164 cm³/mol. The molecule has 0 heterocycles. The van der Waals surface area contributed by atoms with Crippen molar-refractivity contribution in [2.24, 2.45) is 0 Å². The average molecular weight is 609 g/mol. The maximum Gasteiger partial charge on any atom is 0.408 e. The van der Waals surface area contributed by atoms with Gasteiger partial charge in [-0.25, -0.2) is 9.59 Å². The van der Waals surface area contributed by atoms with Crippen molar-refractivity contribution in [2.45, 2.75) is 91.1 Å². The Morgan fingerprint density at radius 1 is 0.886 bits per heavy atom. The second-order valence-electron chi connectivity index (χ2n) is 12.6. The minimum absolute atomic E-state index is 0.104. The lowest BCUT2D eigenvalue weighted by atomic mass is 9.97. The summed E-state index contributed by atoms with van der Waals surface area (Å²) in [4.78, 5) is 54.8. The van der Waals surface area contributed by atoms with Gasteiger partial charge in [0, 0.05) is 6.42 Å². The molecule has 44 heavy (non-hydrogen) atoms. The Kier molecular flexibility index (Phi) is 12.5. The average Bonchev–Trinajstić information content (AvgIpc) is 2.89. The minimum atomic E-state index is -1.52. The highest BCUT2D eigenvalue weighted by atomic mass is 16.6. The van der Waals surface area contributed by atoms with Gasteiger partial charge in [-0.15, -0.1) is 0 Å². The Labute approximate surface area is 259 Å². The molecule has 0 spiro atoms. The van der Waals surface area contributed by atoms with Crippen LogP contribution < -0.4 is 10.6 Å². The van der Waals surface area contributed by atoms with Gasteiger partial charge in [0.25, 0.3) is 0 Å². The van der Waals surface area contributed by atoms with Crippen LogP contribution in [0.3, 0.4) is 0 Å². The number of carbonyl (C=O) groups is 4. The molecule has 11 nitrogen and oxygen atoms in total. The summed E-state index contributed by atoms with van der Waals surface area (Å²) < 4.78 is 10.8. The van der Waals surface area contributed by atoms with Crippen LogP contribution in [0.25, 0.3) is 0 Å². The highest BCUT2D eigenvalue weighted by molar-refractivity contribution is 5.94. The van der Waals surface area contributed by atoms with Gasteiger partial charge in [0.1, 0.15) is 35.9 Å². The summed E-state index contributed by atoms with van der Waals surface area (Å²) in [5.41, 5.74) is 1.00. The van der Waals surface area contributed by atoms with Gasteiger partial charge in [-0.3, -0.25) is 9.59 Å². The summed E-state index contributed by atoms with van der Waals surface area (Å²) in [6, 6.07) is 12.2. The maximum atomic E-state index is 14.2. The highest BCUT2D eigenvalue weighted by Crippen LogP contribution is 2.25. The van der Waals surface area contributed by atoms with E-state index in [1.165, 1.54) is 0 Å². The first-order chi connectivity index (χ1) is 20.4. The number of aryl methyl sites for hydroxylation is 2. The van der Waals surface area contributed by atoms with Crippen LogP contribution in [0.4, 0.5) is 4.79 Å². The van der Waals surface area contributed by atoms with E-state index in [1.807, 2.05) is 56.3 Å². The number of aliphatic hydroxyl groups is 1. The fourth-order valence-corrected chi connectivity index (χ4v) is 4.52. The lowest BCUT2D eigenvalue weighted by Crippen LogP contribution is -2.56. The Bertz CT molecular complexity index is 1340. The Balaban J connectivity index is 2.58. The van der Waals surface area contributed by atoms with Crippen LogP contribution in [0.5, 0.6) is 0 Å². The molecule has 0 fully saturated rings. The summed E-state index contributed by atoms with van der Waals surface area (Å²) in [5.74, 6) is -2.32. The number of alkyl carbamates (subject to hydrolysis) is 1. The number of rotatable bonds is 11. The van der Waals surface area contributed by atoms with Crippen molar-refractivity contribution < 1.29 is 33.8 Å². The zero-order valence-electron chi connectivity index (χ0n) is 26.8. The van der Waals surface area contributed by atoms with E-state index >= 15 is 0 Å². The number of nitrogens with one attached hydrogen (secondary N) is 2. The molecule has 0 aliphatic carbocycles. The number of ether oxygens (including phenoxy) is 2. The fraction of sp³-hybridized carbons (Fsp3) is 0.485. The van der Waals surface area contributed by atoms with E-state index in [0.717, 1.165) is 21.6 Å². The van der Waals surface area contributed by atoms with Crippen molar-refractivity contribution in [1.82, 2.24) is 15.5 Å². The molecule has 2 aromatic rings. The molecule has 2 aromatic carbocycles. The molecule has 3 amide bonds. The lowest BCUT2D eigenvalue weighted by molar-refractivity contribution is -0.159. The largest absolute Gasteiger partial charge is 0.458 e. The first kappa shape index (κ1) is 35.8. The quantitative estimate of drug-likeness (QED) is 0.258. The molecule has 11 heteroatoms. The van der Waals surface area contributed by atoms with Crippen molar-refractivity contribution in [2.75, 3.05) is 13.2 Å². The van der Waals surface area contributed by atoms with Crippen LogP contribution in [-0.2, 0) is 30.3 Å². The Morgan fingerprint density at radius 3 is 1.95 bits per heavy atom. The van der Waals surface area contributed by atoms with E-state index in [2.05, 4.69) is 10.6 Å². The monoisotopic (exact) mass is 608 g/mol. The highest BCUT2D eigenvalue weighted by Gasteiger charge is 2.38. The molecule has 3 unspecified atom stereocenters. The Hall–Kier alpha value is -4.43. The van der Waals surface area contributed by atoms with Crippen molar-refractivity contribution in [3.05, 3.63) is 70.8 Å². The lowest BCUT2D eigenvalue weighted by Gasteiger charge is -2.33. The van der Waals surface area contributed by atoms with Gasteiger partial charge in [-0.2, -0.15) is 5.26 Å². The van der Waals surface area contributed by atoms with Gasteiger partial charge < -0.3 is 30.1 Å². The summed E-state index contributed by atoms with van der Waals surface area (Å²) in [6.45, 7) is 12.3. The number of esters is 1. The van der Waals surface area contributed by atoms with Crippen molar-refractivity contribution in [3.63, 3.8) is 0 Å². The third kappa shape index (κ3) is 11.3. The first-order valence-electron chi connectivity index (χ1n) is 14.4. The Morgan fingerprint density at radius 2 is 1.45 bits per heavy atom. The molecular weight excluding hydrogens is 564 g/mol. The smallest absolute Gasteiger partial charge is 0.408 e. The van der Waals surface area contributed by atoms with Gasteiger partial charge in [0.15, 0.2) is 0 Å². The van der Waals surface area contributed by atoms with Gasteiger partial charge in [-0.05, 0) is 66.5 Å². The number of aliphatic hydroxyl groups excluding tert-OH is 1. The summed E-state index contributed by atoms with van der Waals surface area (Å²) in [7, 11) is 0. The zero-order valence-corrected chi connectivity index (χ0v) is 26.8. The zero-order chi connectivity index (χ0) is 33.2. The van der Waals surface area contributed by atoms with E-state index in [-0.39, 0.29) is 6.42 Å². The standard InChI is InChI=1S/C33H44N4O7/c1-21-16-22(2)18-24(17-21)27(37(15-14-34)29(40)26(20-38)36-31(42)44-33(6,7)8)28(39)35-25(30(41)43-32(3,4)5)19-23-12-10-9-11-13-23/h9-13,16-18,25-27,38H,15,19-20H2,1-8H3,(H,35,39)(H,36,42). The fourth-order valence-electron chi connectivity index (χ4n) is 4.52. The molecule has 2 rings (SSSR count). The topological polar surface area (TPSA) is 158 Å². The van der Waals surface area contributed by atoms with E-state index < -0.39 is 66.4 Å². The van der Waals surface area contributed by atoms with Crippen LogP contribution in [0.1, 0.15) is 69.8 Å². The number of hydrogen-bond donors (Lipinski definition) is 3. The molecule has 0 aromatic heterocycles. The van der Waals surface area contributed by atoms with Crippen LogP contribution in [0.2, 0.25) is 0 Å². The molecule has 0 aliphatic heterocycles. The number of benzene rings is 2. The molecule has 0 radical (unpaired) electrons. The molecule has 0 saturated heterocycles. The minimum Gasteiger partial charge on any atom is -0.458 e. The van der Waals surface area contributed by atoms with Crippen molar-refractivity contribution in [1.29, 1.82) is 5.26 Å².